The van der Waals surface area contributed by atoms with Gasteiger partial charge in [0, 0.05) is 26.2 Å². The Labute approximate surface area is 184 Å². The van der Waals surface area contributed by atoms with Crippen molar-refractivity contribution in [2.75, 3.05) is 32.8 Å². The largest absolute Gasteiger partial charge is 0.326 e. The van der Waals surface area contributed by atoms with E-state index in [4.69, 9.17) is 0 Å². The normalized spacial score (nSPS) is 19.8. The number of nitrogens with zero attached hydrogens (tertiary/aromatic N) is 3. The topological polar surface area (TPSA) is 55.9 Å². The van der Waals surface area contributed by atoms with Gasteiger partial charge >= 0.3 is 6.03 Å². The summed E-state index contributed by atoms with van der Waals surface area (Å²) in [5.74, 6) is -0.0867. The van der Waals surface area contributed by atoms with Crippen LogP contribution in [0.1, 0.15) is 43.9 Å². The summed E-state index contributed by atoms with van der Waals surface area (Å²) in [6.45, 7) is 7.67. The van der Waals surface area contributed by atoms with E-state index in [1.807, 2.05) is 26.0 Å². The number of imide groups is 1. The molecule has 1 N–H and O–H groups in total. The molecule has 2 aromatic carbocycles. The van der Waals surface area contributed by atoms with Crippen LogP contribution in [0.15, 0.2) is 60.7 Å². The molecule has 2 fully saturated rings. The van der Waals surface area contributed by atoms with Crippen LogP contribution in [0.4, 0.5) is 4.79 Å². The van der Waals surface area contributed by atoms with Gasteiger partial charge in [-0.05, 0) is 24.0 Å². The maximum atomic E-state index is 12.9. The fraction of sp³-hybridized carbons (Fsp3) is 0.440. The fourth-order valence-corrected chi connectivity index (χ4v) is 4.78. The van der Waals surface area contributed by atoms with Crippen molar-refractivity contribution < 1.29 is 9.59 Å². The molecular formula is C25H32N4O2. The standard InChI is InChI=1S/C25H32N4O2/c1-3-25(4-2)23(30)29(24(31)26-25)19-27-15-17-28(18-16-27)22(20-11-7-5-8-12-20)21-13-9-6-10-14-21/h5-14,22H,3-4,15-19H2,1-2H3,(H,26,31). The average molecular weight is 421 g/mol. The molecular weight excluding hydrogens is 388 g/mol. The Hall–Kier alpha value is -2.70. The summed E-state index contributed by atoms with van der Waals surface area (Å²) in [5, 5.41) is 2.93. The molecule has 0 radical (unpaired) electrons. The first-order chi connectivity index (χ1) is 15.1. The first kappa shape index (κ1) is 21.5. The van der Waals surface area contributed by atoms with Gasteiger partial charge in [-0.2, -0.15) is 0 Å². The summed E-state index contributed by atoms with van der Waals surface area (Å²) < 4.78 is 0. The van der Waals surface area contributed by atoms with Gasteiger partial charge in [-0.15, -0.1) is 0 Å². The average Bonchev–Trinajstić information content (AvgIpc) is 3.06. The summed E-state index contributed by atoms with van der Waals surface area (Å²) in [6.07, 6.45) is 1.24. The number of benzene rings is 2. The van der Waals surface area contributed by atoms with Crippen LogP contribution in [-0.4, -0.2) is 65.0 Å². The molecule has 6 nitrogen and oxygen atoms in total. The van der Waals surface area contributed by atoms with E-state index >= 15 is 0 Å². The molecule has 0 unspecified atom stereocenters. The zero-order valence-electron chi connectivity index (χ0n) is 18.5. The molecule has 0 spiro atoms. The van der Waals surface area contributed by atoms with E-state index in [-0.39, 0.29) is 18.0 Å². The smallest absolute Gasteiger partial charge is 0.323 e. The molecule has 31 heavy (non-hydrogen) atoms. The van der Waals surface area contributed by atoms with E-state index in [1.165, 1.54) is 16.0 Å². The summed E-state index contributed by atoms with van der Waals surface area (Å²) in [5.41, 5.74) is 1.84. The van der Waals surface area contributed by atoms with Crippen LogP contribution < -0.4 is 5.32 Å². The van der Waals surface area contributed by atoms with Crippen LogP contribution in [0.25, 0.3) is 0 Å². The highest BCUT2D eigenvalue weighted by Crippen LogP contribution is 2.30. The van der Waals surface area contributed by atoms with Crippen molar-refractivity contribution in [3.8, 4) is 0 Å². The molecule has 0 bridgehead atoms. The van der Waals surface area contributed by atoms with Gasteiger partial charge in [-0.25, -0.2) is 9.69 Å². The Balaban J connectivity index is 1.44. The van der Waals surface area contributed by atoms with Gasteiger partial charge in [0.15, 0.2) is 0 Å². The van der Waals surface area contributed by atoms with Gasteiger partial charge in [0.05, 0.1) is 12.7 Å². The molecule has 164 valence electrons. The minimum absolute atomic E-state index is 0.0867. The zero-order chi connectivity index (χ0) is 21.8. The number of hydrogen-bond acceptors (Lipinski definition) is 4. The number of piperazine rings is 1. The van der Waals surface area contributed by atoms with Crippen molar-refractivity contribution in [1.82, 2.24) is 20.0 Å². The molecule has 2 aromatic rings. The third kappa shape index (κ3) is 4.23. The van der Waals surface area contributed by atoms with Crippen LogP contribution in [0.5, 0.6) is 0 Å². The third-order valence-electron chi connectivity index (χ3n) is 6.80. The van der Waals surface area contributed by atoms with Crippen LogP contribution in [0, 0.1) is 0 Å². The van der Waals surface area contributed by atoms with Crippen molar-refractivity contribution in [2.24, 2.45) is 0 Å². The van der Waals surface area contributed by atoms with Crippen molar-refractivity contribution in [3.63, 3.8) is 0 Å². The van der Waals surface area contributed by atoms with Crippen molar-refractivity contribution in [1.29, 1.82) is 0 Å². The van der Waals surface area contributed by atoms with E-state index in [1.54, 1.807) is 0 Å². The van der Waals surface area contributed by atoms with E-state index < -0.39 is 5.54 Å². The van der Waals surface area contributed by atoms with Crippen LogP contribution in [-0.2, 0) is 4.79 Å². The maximum Gasteiger partial charge on any atom is 0.326 e. The zero-order valence-corrected chi connectivity index (χ0v) is 18.5. The van der Waals surface area contributed by atoms with Gasteiger partial charge in [-0.1, -0.05) is 74.5 Å². The van der Waals surface area contributed by atoms with Gasteiger partial charge in [0.25, 0.3) is 5.91 Å². The Bertz CT molecular complexity index is 851. The fourth-order valence-electron chi connectivity index (χ4n) is 4.78. The predicted octanol–water partition coefficient (Wildman–Crippen LogP) is 3.46. The highest BCUT2D eigenvalue weighted by molar-refractivity contribution is 6.06. The number of carbonyl (C=O) groups is 2. The number of nitrogens with one attached hydrogen (secondary N) is 1. The molecule has 4 rings (SSSR count). The molecule has 0 atom stereocenters. The second-order valence-electron chi connectivity index (χ2n) is 8.47. The minimum Gasteiger partial charge on any atom is -0.323 e. The molecule has 2 saturated heterocycles. The molecule has 6 heteroatoms. The maximum absolute atomic E-state index is 12.9. The SMILES string of the molecule is CCC1(CC)NC(=O)N(CN2CCN(C(c3ccccc3)c3ccccc3)CC2)C1=O. The minimum atomic E-state index is -0.732. The second-order valence-corrected chi connectivity index (χ2v) is 8.47. The van der Waals surface area contributed by atoms with Crippen LogP contribution in [0.3, 0.4) is 0 Å². The van der Waals surface area contributed by atoms with Crippen molar-refractivity contribution in [3.05, 3.63) is 71.8 Å². The number of hydrogen-bond donors (Lipinski definition) is 1. The van der Waals surface area contributed by atoms with Crippen molar-refractivity contribution in [2.45, 2.75) is 38.3 Å². The van der Waals surface area contributed by atoms with Gasteiger partial charge in [-0.3, -0.25) is 14.6 Å². The lowest BCUT2D eigenvalue weighted by atomic mass is 9.93. The predicted molar refractivity (Wildman–Crippen MR) is 121 cm³/mol. The Morgan fingerprint density at radius 2 is 1.35 bits per heavy atom. The van der Waals surface area contributed by atoms with Gasteiger partial charge in [0.1, 0.15) is 5.54 Å². The molecule has 0 aromatic heterocycles. The lowest BCUT2D eigenvalue weighted by Crippen LogP contribution is -2.52. The summed E-state index contributed by atoms with van der Waals surface area (Å²) in [4.78, 5) is 31.5. The summed E-state index contributed by atoms with van der Waals surface area (Å²) >= 11 is 0. The van der Waals surface area contributed by atoms with Crippen LogP contribution in [0.2, 0.25) is 0 Å². The monoisotopic (exact) mass is 420 g/mol. The van der Waals surface area contributed by atoms with Gasteiger partial charge in [0.2, 0.25) is 0 Å². The first-order valence-electron chi connectivity index (χ1n) is 11.3. The Morgan fingerprint density at radius 1 is 0.839 bits per heavy atom. The number of amides is 3. The molecule has 0 saturated carbocycles. The van der Waals surface area contributed by atoms with E-state index in [2.05, 4.69) is 63.6 Å². The van der Waals surface area contributed by atoms with Crippen molar-refractivity contribution >= 4 is 11.9 Å². The molecule has 0 aliphatic carbocycles. The number of rotatable bonds is 7. The quantitative estimate of drug-likeness (QED) is 0.697. The van der Waals surface area contributed by atoms with Gasteiger partial charge < -0.3 is 5.32 Å². The summed E-state index contributed by atoms with van der Waals surface area (Å²) in [6, 6.07) is 21.1. The second kappa shape index (κ2) is 9.20. The lowest BCUT2D eigenvalue weighted by Gasteiger charge is -2.40. The summed E-state index contributed by atoms with van der Waals surface area (Å²) in [7, 11) is 0. The van der Waals surface area contributed by atoms with E-state index in [0.717, 1.165) is 26.2 Å². The number of carbonyl (C=O) groups excluding carboxylic acids is 2. The van der Waals surface area contributed by atoms with Crippen LogP contribution >= 0.6 is 0 Å². The molecule has 2 aliphatic rings. The molecule has 3 amide bonds. The highest BCUT2D eigenvalue weighted by atomic mass is 16.2. The third-order valence-corrected chi connectivity index (χ3v) is 6.80. The Kier molecular flexibility index (Phi) is 6.39. The molecule has 2 heterocycles. The highest BCUT2D eigenvalue weighted by Gasteiger charge is 2.49. The number of urea groups is 1. The van der Waals surface area contributed by atoms with E-state index in [9.17, 15) is 9.59 Å². The van der Waals surface area contributed by atoms with E-state index in [0.29, 0.717) is 19.5 Å². The first-order valence-corrected chi connectivity index (χ1v) is 11.3. The lowest BCUT2D eigenvalue weighted by molar-refractivity contribution is -0.133. The molecule has 2 aliphatic heterocycles. The Morgan fingerprint density at radius 3 is 1.81 bits per heavy atom.